The van der Waals surface area contributed by atoms with E-state index in [1.165, 1.54) is 4.90 Å². The molecule has 0 aromatic carbocycles. The number of nitrogens with zero attached hydrogens (tertiary/aromatic N) is 1. The predicted octanol–water partition coefficient (Wildman–Crippen LogP) is -0.837. The second-order valence-corrected chi connectivity index (χ2v) is 5.47. The first-order valence-electron chi connectivity index (χ1n) is 7.04. The van der Waals surface area contributed by atoms with Crippen LogP contribution in [0.3, 0.4) is 0 Å². The minimum atomic E-state index is -1.08. The van der Waals surface area contributed by atoms with Crippen molar-refractivity contribution in [2.75, 3.05) is 19.6 Å². The van der Waals surface area contributed by atoms with Crippen molar-refractivity contribution in [2.45, 2.75) is 31.7 Å². The molecule has 1 aliphatic carbocycles. The van der Waals surface area contributed by atoms with Gasteiger partial charge in [-0.1, -0.05) is 6.42 Å². The molecule has 0 aromatic heterocycles. The lowest BCUT2D eigenvalue weighted by atomic mass is 9.93. The van der Waals surface area contributed by atoms with Gasteiger partial charge in [0.15, 0.2) is 0 Å². The standard InChI is InChI=1S/C13H21N3O4/c14-7-8-2-1-3-9(8)13(20)16-5-4-15-12(19)10(16)6-11(17)18/h8-10H,1-7,14H2,(H,15,19)(H,17,18). The van der Waals surface area contributed by atoms with Gasteiger partial charge in [0.25, 0.3) is 0 Å². The molecular weight excluding hydrogens is 262 g/mol. The molecule has 2 rings (SSSR count). The Morgan fingerprint density at radius 3 is 2.80 bits per heavy atom. The number of carbonyl (C=O) groups is 3. The van der Waals surface area contributed by atoms with Crippen molar-refractivity contribution in [3.05, 3.63) is 0 Å². The zero-order chi connectivity index (χ0) is 14.7. The number of nitrogens with one attached hydrogen (secondary N) is 1. The highest BCUT2D eigenvalue weighted by molar-refractivity contribution is 5.92. The molecule has 3 unspecified atom stereocenters. The molecule has 1 heterocycles. The molecule has 0 spiro atoms. The molecule has 4 N–H and O–H groups in total. The Labute approximate surface area is 117 Å². The van der Waals surface area contributed by atoms with Crippen LogP contribution in [0.25, 0.3) is 0 Å². The first kappa shape index (κ1) is 14.8. The maximum absolute atomic E-state index is 12.6. The van der Waals surface area contributed by atoms with Crippen LogP contribution >= 0.6 is 0 Å². The van der Waals surface area contributed by atoms with Crippen LogP contribution in [0.4, 0.5) is 0 Å². The van der Waals surface area contributed by atoms with Crippen LogP contribution in [0.15, 0.2) is 0 Å². The van der Waals surface area contributed by atoms with Crippen LogP contribution in [0.5, 0.6) is 0 Å². The predicted molar refractivity (Wildman–Crippen MR) is 70.6 cm³/mol. The highest BCUT2D eigenvalue weighted by atomic mass is 16.4. The zero-order valence-electron chi connectivity index (χ0n) is 11.4. The van der Waals surface area contributed by atoms with E-state index in [2.05, 4.69) is 5.32 Å². The van der Waals surface area contributed by atoms with Gasteiger partial charge in [0.2, 0.25) is 11.8 Å². The third-order valence-corrected chi connectivity index (χ3v) is 4.26. The molecule has 0 aromatic rings. The summed E-state index contributed by atoms with van der Waals surface area (Å²) in [6, 6.07) is -0.896. The highest BCUT2D eigenvalue weighted by Crippen LogP contribution is 2.33. The number of rotatable bonds is 4. The minimum Gasteiger partial charge on any atom is -0.481 e. The van der Waals surface area contributed by atoms with Gasteiger partial charge in [-0.25, -0.2) is 0 Å². The second kappa shape index (κ2) is 6.21. The van der Waals surface area contributed by atoms with Gasteiger partial charge in [-0.2, -0.15) is 0 Å². The lowest BCUT2D eigenvalue weighted by Gasteiger charge is -2.36. The number of aliphatic carboxylic acids is 1. The van der Waals surface area contributed by atoms with E-state index in [1.54, 1.807) is 0 Å². The molecule has 112 valence electrons. The number of piperazine rings is 1. The normalized spacial score (nSPS) is 30.1. The third-order valence-electron chi connectivity index (χ3n) is 4.26. The summed E-state index contributed by atoms with van der Waals surface area (Å²) in [5.41, 5.74) is 5.69. The fourth-order valence-electron chi connectivity index (χ4n) is 3.20. The molecule has 2 aliphatic rings. The van der Waals surface area contributed by atoms with Crippen LogP contribution in [0, 0.1) is 11.8 Å². The number of carbonyl (C=O) groups excluding carboxylic acids is 2. The molecule has 0 bridgehead atoms. The SMILES string of the molecule is NCC1CCCC1C(=O)N1CCNC(=O)C1CC(=O)O. The topological polar surface area (TPSA) is 113 Å². The van der Waals surface area contributed by atoms with Gasteiger partial charge < -0.3 is 21.1 Å². The molecule has 7 heteroatoms. The summed E-state index contributed by atoms with van der Waals surface area (Å²) >= 11 is 0. The van der Waals surface area contributed by atoms with Crippen LogP contribution in [-0.2, 0) is 14.4 Å². The molecule has 20 heavy (non-hydrogen) atoms. The van der Waals surface area contributed by atoms with E-state index in [4.69, 9.17) is 10.8 Å². The summed E-state index contributed by atoms with van der Waals surface area (Å²) in [5, 5.41) is 11.5. The Kier molecular flexibility index (Phi) is 4.59. The lowest BCUT2D eigenvalue weighted by molar-refractivity contribution is -0.151. The Morgan fingerprint density at radius 2 is 2.15 bits per heavy atom. The Hall–Kier alpha value is -1.63. The second-order valence-electron chi connectivity index (χ2n) is 5.47. The van der Waals surface area contributed by atoms with Crippen LogP contribution in [-0.4, -0.2) is 53.5 Å². The van der Waals surface area contributed by atoms with E-state index in [1.807, 2.05) is 0 Å². The van der Waals surface area contributed by atoms with E-state index in [0.717, 1.165) is 19.3 Å². The lowest BCUT2D eigenvalue weighted by Crippen LogP contribution is -2.59. The smallest absolute Gasteiger partial charge is 0.305 e. The number of carboxylic acid groups (broad SMARTS) is 1. The molecular formula is C13H21N3O4. The van der Waals surface area contributed by atoms with Crippen molar-refractivity contribution in [2.24, 2.45) is 17.6 Å². The van der Waals surface area contributed by atoms with Crippen molar-refractivity contribution >= 4 is 17.8 Å². The first-order valence-corrected chi connectivity index (χ1v) is 7.04. The van der Waals surface area contributed by atoms with Gasteiger partial charge in [0.05, 0.1) is 6.42 Å². The molecule has 2 amide bonds. The molecule has 0 radical (unpaired) electrons. The maximum Gasteiger partial charge on any atom is 0.305 e. The Morgan fingerprint density at radius 1 is 1.40 bits per heavy atom. The van der Waals surface area contributed by atoms with Crippen molar-refractivity contribution in [3.8, 4) is 0 Å². The summed E-state index contributed by atoms with van der Waals surface area (Å²) in [4.78, 5) is 36.7. The largest absolute Gasteiger partial charge is 0.481 e. The molecule has 1 saturated heterocycles. The van der Waals surface area contributed by atoms with Crippen LogP contribution < -0.4 is 11.1 Å². The minimum absolute atomic E-state index is 0.112. The summed E-state index contributed by atoms with van der Waals surface area (Å²) in [6.07, 6.45) is 2.31. The van der Waals surface area contributed by atoms with Gasteiger partial charge in [0, 0.05) is 19.0 Å². The number of carboxylic acids is 1. The summed E-state index contributed by atoms with van der Waals surface area (Å²) < 4.78 is 0. The van der Waals surface area contributed by atoms with E-state index in [9.17, 15) is 14.4 Å². The molecule has 1 saturated carbocycles. The summed E-state index contributed by atoms with van der Waals surface area (Å²) in [6.45, 7) is 1.21. The number of nitrogens with two attached hydrogens (primary N) is 1. The highest BCUT2D eigenvalue weighted by Gasteiger charge is 2.40. The summed E-state index contributed by atoms with van der Waals surface area (Å²) in [7, 11) is 0. The van der Waals surface area contributed by atoms with Crippen molar-refractivity contribution in [3.63, 3.8) is 0 Å². The molecule has 7 nitrogen and oxygen atoms in total. The van der Waals surface area contributed by atoms with Gasteiger partial charge in [-0.15, -0.1) is 0 Å². The fraction of sp³-hybridized carbons (Fsp3) is 0.769. The monoisotopic (exact) mass is 283 g/mol. The van der Waals surface area contributed by atoms with Gasteiger partial charge in [-0.05, 0) is 25.3 Å². The summed E-state index contributed by atoms with van der Waals surface area (Å²) in [5.74, 6) is -1.58. The average Bonchev–Trinajstić information content (AvgIpc) is 2.88. The number of amides is 2. The molecule has 2 fully saturated rings. The fourth-order valence-corrected chi connectivity index (χ4v) is 3.20. The van der Waals surface area contributed by atoms with Gasteiger partial charge in [0.1, 0.15) is 6.04 Å². The van der Waals surface area contributed by atoms with Crippen LogP contribution in [0.1, 0.15) is 25.7 Å². The quantitative estimate of drug-likeness (QED) is 0.623. The van der Waals surface area contributed by atoms with Crippen molar-refractivity contribution in [1.29, 1.82) is 0 Å². The number of hydrogen-bond acceptors (Lipinski definition) is 4. The first-order chi connectivity index (χ1) is 9.54. The Bertz CT molecular complexity index is 412. The van der Waals surface area contributed by atoms with Gasteiger partial charge in [-0.3, -0.25) is 14.4 Å². The zero-order valence-corrected chi connectivity index (χ0v) is 11.4. The van der Waals surface area contributed by atoms with E-state index in [-0.39, 0.29) is 30.1 Å². The molecule has 3 atom stereocenters. The van der Waals surface area contributed by atoms with E-state index >= 15 is 0 Å². The maximum atomic E-state index is 12.6. The van der Waals surface area contributed by atoms with Crippen LogP contribution in [0.2, 0.25) is 0 Å². The number of hydrogen-bond donors (Lipinski definition) is 3. The van der Waals surface area contributed by atoms with E-state index < -0.39 is 12.0 Å². The molecule has 1 aliphatic heterocycles. The van der Waals surface area contributed by atoms with E-state index in [0.29, 0.717) is 19.6 Å². The Balaban J connectivity index is 2.12. The van der Waals surface area contributed by atoms with Crippen molar-refractivity contribution in [1.82, 2.24) is 10.2 Å². The van der Waals surface area contributed by atoms with Gasteiger partial charge >= 0.3 is 5.97 Å². The third kappa shape index (κ3) is 2.92. The van der Waals surface area contributed by atoms with Crippen molar-refractivity contribution < 1.29 is 19.5 Å². The average molecular weight is 283 g/mol.